The first kappa shape index (κ1) is 9.44. The normalized spacial score (nSPS) is 11.8. The Morgan fingerprint density at radius 2 is 2.50 bits per heavy atom. The highest BCUT2D eigenvalue weighted by atomic mass is 31.1. The van der Waals surface area contributed by atoms with Crippen LogP contribution in [0, 0.1) is 6.92 Å². The largest absolute Gasteiger partial charge is 0.328 e. The Bertz CT molecular complexity index is 467. The van der Waals surface area contributed by atoms with Gasteiger partial charge in [0.2, 0.25) is 0 Å². The molecule has 2 aromatic heterocycles. The van der Waals surface area contributed by atoms with Gasteiger partial charge in [-0.2, -0.15) is 0 Å². The third kappa shape index (κ3) is 1.72. The molecule has 0 bridgehead atoms. The maximum absolute atomic E-state index is 10.3. The van der Waals surface area contributed by atoms with E-state index in [1.54, 1.807) is 0 Å². The minimum Gasteiger partial charge on any atom is -0.328 e. The molecule has 0 aromatic carbocycles. The van der Waals surface area contributed by atoms with E-state index in [2.05, 4.69) is 4.98 Å². The molecule has 14 heavy (non-hydrogen) atoms. The lowest BCUT2D eigenvalue weighted by atomic mass is 10.3. The van der Waals surface area contributed by atoms with Crippen molar-refractivity contribution >= 4 is 14.3 Å². The second-order valence-electron chi connectivity index (χ2n) is 3.05. The van der Waals surface area contributed by atoms with E-state index in [1.807, 2.05) is 35.9 Å². The minimum absolute atomic E-state index is 0.361. The average Bonchev–Trinajstić information content (AvgIpc) is 2.55. The van der Waals surface area contributed by atoms with Gasteiger partial charge >= 0.3 is 0 Å². The Kier molecular flexibility index (Phi) is 2.66. The molecule has 0 fully saturated rings. The summed E-state index contributed by atoms with van der Waals surface area (Å²) < 4.78 is 17.1. The van der Waals surface area contributed by atoms with Gasteiger partial charge in [-0.25, -0.2) is 4.98 Å². The van der Waals surface area contributed by atoms with Gasteiger partial charge in [0.15, 0.2) is 8.69 Å². The average molecular weight is 210 g/mol. The van der Waals surface area contributed by atoms with Crippen LogP contribution in [-0.4, -0.2) is 9.38 Å². The number of hydrogen-bond donors (Lipinski definition) is 0. The summed E-state index contributed by atoms with van der Waals surface area (Å²) in [5.41, 5.74) is 2.80. The minimum atomic E-state index is -1.15. The van der Waals surface area contributed by atoms with Gasteiger partial charge in [-0.15, -0.1) is 0 Å². The molecular weight excluding hydrogens is 199 g/mol. The van der Waals surface area contributed by atoms with Crippen LogP contribution in [0.2, 0.25) is 0 Å². The van der Waals surface area contributed by atoms with Crippen molar-refractivity contribution in [2.75, 3.05) is 0 Å². The lowest BCUT2D eigenvalue weighted by Crippen LogP contribution is -1.91. The summed E-state index contributed by atoms with van der Waals surface area (Å²) in [7, 11) is -1.15. The number of hydrogen-bond acceptors (Lipinski definition) is 3. The van der Waals surface area contributed by atoms with Crippen LogP contribution in [0.25, 0.3) is 5.65 Å². The molecule has 0 spiro atoms. The van der Waals surface area contributed by atoms with Gasteiger partial charge in [0.05, 0.1) is 12.3 Å². The number of nitrogens with zero attached hydrogens (tertiary/aromatic N) is 2. The molecule has 0 saturated carbocycles. The number of imidazole rings is 1. The molecule has 1 atom stereocenters. The van der Waals surface area contributed by atoms with Crippen molar-refractivity contribution in [3.8, 4) is 0 Å². The summed E-state index contributed by atoms with van der Waals surface area (Å²) in [5.74, 6) is 0. The molecular formula is C9H11N2O2P. The fraction of sp³-hybridized carbons (Fsp3) is 0.222. The molecule has 4 nitrogen and oxygen atoms in total. The van der Waals surface area contributed by atoms with E-state index in [-0.39, 0.29) is 0 Å². The van der Waals surface area contributed by atoms with Crippen LogP contribution < -0.4 is 0 Å². The van der Waals surface area contributed by atoms with Crippen molar-refractivity contribution in [1.29, 1.82) is 0 Å². The van der Waals surface area contributed by atoms with E-state index in [9.17, 15) is 4.57 Å². The summed E-state index contributed by atoms with van der Waals surface area (Å²) in [6.07, 6.45) is 3.88. The van der Waals surface area contributed by atoms with Crippen LogP contribution >= 0.6 is 8.69 Å². The maximum Gasteiger partial charge on any atom is 0.180 e. The van der Waals surface area contributed by atoms with E-state index >= 15 is 0 Å². The standard InChI is InChI=1S/C9H11N2O2P/c1-7-5-11-4-2-3-8(6-13-14-12)9(11)10-7/h2-5H,6,14H2,1H3. The molecule has 0 N–H and O–H groups in total. The molecule has 0 saturated heterocycles. The van der Waals surface area contributed by atoms with Crippen LogP contribution in [-0.2, 0) is 15.7 Å². The monoisotopic (exact) mass is 210 g/mol. The molecule has 2 heterocycles. The van der Waals surface area contributed by atoms with Crippen molar-refractivity contribution in [2.24, 2.45) is 0 Å². The van der Waals surface area contributed by atoms with Crippen LogP contribution in [0.3, 0.4) is 0 Å². The van der Waals surface area contributed by atoms with Gasteiger partial charge in [-0.05, 0) is 13.0 Å². The number of fused-ring (bicyclic) bond motifs is 1. The summed E-state index contributed by atoms with van der Waals surface area (Å²) in [6, 6.07) is 3.85. The van der Waals surface area contributed by atoms with E-state index in [0.717, 1.165) is 16.9 Å². The molecule has 2 aromatic rings. The van der Waals surface area contributed by atoms with Crippen LogP contribution in [0.15, 0.2) is 24.5 Å². The van der Waals surface area contributed by atoms with Gasteiger partial charge in [0, 0.05) is 18.0 Å². The predicted molar refractivity (Wildman–Crippen MR) is 55.1 cm³/mol. The third-order valence-electron chi connectivity index (χ3n) is 1.99. The Labute approximate surface area is 82.8 Å². The molecule has 5 heteroatoms. The van der Waals surface area contributed by atoms with E-state index in [1.165, 1.54) is 0 Å². The van der Waals surface area contributed by atoms with Crippen molar-refractivity contribution in [3.05, 3.63) is 35.8 Å². The van der Waals surface area contributed by atoms with Crippen LogP contribution in [0.5, 0.6) is 0 Å². The van der Waals surface area contributed by atoms with Gasteiger partial charge in [0.1, 0.15) is 5.65 Å². The van der Waals surface area contributed by atoms with E-state index in [0.29, 0.717) is 6.61 Å². The third-order valence-corrected chi connectivity index (χ3v) is 2.29. The molecule has 74 valence electrons. The number of rotatable bonds is 3. The zero-order valence-electron chi connectivity index (χ0n) is 7.80. The smallest absolute Gasteiger partial charge is 0.180 e. The van der Waals surface area contributed by atoms with Crippen LogP contribution in [0.4, 0.5) is 0 Å². The summed E-state index contributed by atoms with van der Waals surface area (Å²) in [6.45, 7) is 2.30. The molecule has 0 radical (unpaired) electrons. The molecule has 0 aliphatic carbocycles. The topological polar surface area (TPSA) is 43.6 Å². The molecule has 0 aliphatic rings. The number of aryl methyl sites for hydroxylation is 1. The van der Waals surface area contributed by atoms with Gasteiger partial charge in [-0.3, -0.25) is 4.57 Å². The van der Waals surface area contributed by atoms with Crippen LogP contribution in [0.1, 0.15) is 11.3 Å². The van der Waals surface area contributed by atoms with E-state index in [4.69, 9.17) is 4.52 Å². The Morgan fingerprint density at radius 3 is 3.29 bits per heavy atom. The predicted octanol–water partition coefficient (Wildman–Crippen LogP) is 1.83. The fourth-order valence-electron chi connectivity index (χ4n) is 1.43. The second-order valence-corrected chi connectivity index (χ2v) is 3.58. The van der Waals surface area contributed by atoms with Crippen molar-refractivity contribution < 1.29 is 9.09 Å². The fourth-order valence-corrected chi connectivity index (χ4v) is 1.68. The SMILES string of the molecule is Cc1cn2cccc(CO[PH2]=O)c2n1. The van der Waals surface area contributed by atoms with Gasteiger partial charge in [-0.1, -0.05) is 6.07 Å². The Balaban J connectivity index is 2.47. The number of pyridine rings is 1. The Morgan fingerprint density at radius 1 is 1.64 bits per heavy atom. The summed E-state index contributed by atoms with van der Waals surface area (Å²) in [5, 5.41) is 0. The summed E-state index contributed by atoms with van der Waals surface area (Å²) in [4.78, 5) is 4.36. The first-order valence-corrected chi connectivity index (χ1v) is 5.24. The van der Waals surface area contributed by atoms with Crippen molar-refractivity contribution in [2.45, 2.75) is 13.5 Å². The highest BCUT2D eigenvalue weighted by Gasteiger charge is 2.03. The molecule has 2 rings (SSSR count). The first-order chi connectivity index (χ1) is 6.81. The molecule has 1 unspecified atom stereocenters. The second kappa shape index (κ2) is 3.95. The zero-order chi connectivity index (χ0) is 9.97. The highest BCUT2D eigenvalue weighted by molar-refractivity contribution is 7.17. The lowest BCUT2D eigenvalue weighted by Gasteiger charge is -2.00. The van der Waals surface area contributed by atoms with Crippen molar-refractivity contribution in [1.82, 2.24) is 9.38 Å². The van der Waals surface area contributed by atoms with Gasteiger partial charge in [0.25, 0.3) is 0 Å². The van der Waals surface area contributed by atoms with E-state index < -0.39 is 8.69 Å². The summed E-state index contributed by atoms with van der Waals surface area (Å²) >= 11 is 0. The lowest BCUT2D eigenvalue weighted by molar-refractivity contribution is 0.333. The Hall–Kier alpha value is -1.12. The highest BCUT2D eigenvalue weighted by Crippen LogP contribution is 2.13. The zero-order valence-corrected chi connectivity index (χ0v) is 8.96. The number of aromatic nitrogens is 2. The molecule has 0 amide bonds. The maximum atomic E-state index is 10.3. The van der Waals surface area contributed by atoms with Gasteiger partial charge < -0.3 is 8.92 Å². The quantitative estimate of drug-likeness (QED) is 0.726. The first-order valence-electron chi connectivity index (χ1n) is 4.29. The molecule has 0 aliphatic heterocycles. The van der Waals surface area contributed by atoms with Crippen molar-refractivity contribution in [3.63, 3.8) is 0 Å².